The lowest BCUT2D eigenvalue weighted by Gasteiger charge is -2.28. The second-order valence-electron chi connectivity index (χ2n) is 4.56. The van der Waals surface area contributed by atoms with Crippen LogP contribution in [0.15, 0.2) is 0 Å². The van der Waals surface area contributed by atoms with Gasteiger partial charge in [0.15, 0.2) is 0 Å². The first-order chi connectivity index (χ1) is 6.81. The summed E-state index contributed by atoms with van der Waals surface area (Å²) in [6.45, 7) is 5.70. The molecule has 82 valence electrons. The highest BCUT2D eigenvalue weighted by molar-refractivity contribution is 4.87. The van der Waals surface area contributed by atoms with Crippen LogP contribution in [0, 0.1) is 0 Å². The van der Waals surface area contributed by atoms with E-state index in [9.17, 15) is 0 Å². The molecule has 0 amide bonds. The molecule has 0 aromatic carbocycles. The van der Waals surface area contributed by atoms with Gasteiger partial charge in [0.05, 0.1) is 6.10 Å². The molecule has 0 spiro atoms. The van der Waals surface area contributed by atoms with Crippen LogP contribution in [0.4, 0.5) is 0 Å². The van der Waals surface area contributed by atoms with Crippen molar-refractivity contribution in [3.8, 4) is 0 Å². The van der Waals surface area contributed by atoms with Crippen molar-refractivity contribution in [3.63, 3.8) is 0 Å². The summed E-state index contributed by atoms with van der Waals surface area (Å²) in [5, 5.41) is 3.36. The van der Waals surface area contributed by atoms with Crippen LogP contribution in [0.5, 0.6) is 0 Å². The Morgan fingerprint density at radius 1 is 1.43 bits per heavy atom. The van der Waals surface area contributed by atoms with E-state index >= 15 is 0 Å². The van der Waals surface area contributed by atoms with E-state index in [-0.39, 0.29) is 0 Å². The molecule has 2 saturated heterocycles. The highest BCUT2D eigenvalue weighted by atomic mass is 16.5. The molecule has 2 aliphatic rings. The van der Waals surface area contributed by atoms with Crippen molar-refractivity contribution < 1.29 is 4.74 Å². The number of likely N-dealkylation sites (tertiary alicyclic amines) is 1. The van der Waals surface area contributed by atoms with Gasteiger partial charge in [-0.2, -0.15) is 0 Å². The lowest BCUT2D eigenvalue weighted by Crippen LogP contribution is -2.41. The van der Waals surface area contributed by atoms with Crippen LogP contribution in [0.1, 0.15) is 26.2 Å². The molecule has 3 heteroatoms. The third kappa shape index (κ3) is 2.10. The number of hydrogen-bond acceptors (Lipinski definition) is 3. The molecule has 2 fully saturated rings. The van der Waals surface area contributed by atoms with Gasteiger partial charge in [-0.3, -0.25) is 4.90 Å². The standard InChI is InChI=1S/C11H22N2O/c1-9(11-4-3-7-14-11)13-6-5-10(8-13)12-2/h9-12H,3-8H2,1-2H3. The Morgan fingerprint density at radius 2 is 2.29 bits per heavy atom. The van der Waals surface area contributed by atoms with Gasteiger partial charge < -0.3 is 10.1 Å². The zero-order valence-corrected chi connectivity index (χ0v) is 9.33. The smallest absolute Gasteiger partial charge is 0.0728 e. The van der Waals surface area contributed by atoms with Gasteiger partial charge >= 0.3 is 0 Å². The van der Waals surface area contributed by atoms with E-state index in [0.717, 1.165) is 6.61 Å². The van der Waals surface area contributed by atoms with Crippen LogP contribution < -0.4 is 5.32 Å². The van der Waals surface area contributed by atoms with Gasteiger partial charge in [-0.25, -0.2) is 0 Å². The maximum absolute atomic E-state index is 5.73. The first kappa shape index (κ1) is 10.4. The van der Waals surface area contributed by atoms with Gasteiger partial charge in [-0.05, 0) is 33.2 Å². The molecule has 3 atom stereocenters. The zero-order valence-electron chi connectivity index (χ0n) is 9.33. The quantitative estimate of drug-likeness (QED) is 0.727. The molecule has 2 heterocycles. The van der Waals surface area contributed by atoms with Crippen LogP contribution in [0.3, 0.4) is 0 Å². The number of ether oxygens (including phenoxy) is 1. The fraction of sp³-hybridized carbons (Fsp3) is 1.00. The second-order valence-corrected chi connectivity index (χ2v) is 4.56. The molecule has 2 aliphatic heterocycles. The molecule has 0 aliphatic carbocycles. The van der Waals surface area contributed by atoms with E-state index in [1.165, 1.54) is 32.4 Å². The summed E-state index contributed by atoms with van der Waals surface area (Å²) in [5.74, 6) is 0. The van der Waals surface area contributed by atoms with Crippen LogP contribution in [-0.2, 0) is 4.74 Å². The van der Waals surface area contributed by atoms with Crippen molar-refractivity contribution in [2.45, 2.75) is 44.4 Å². The van der Waals surface area contributed by atoms with Crippen LogP contribution in [-0.4, -0.2) is 49.8 Å². The van der Waals surface area contributed by atoms with Crippen LogP contribution in [0.25, 0.3) is 0 Å². The van der Waals surface area contributed by atoms with E-state index in [2.05, 4.69) is 24.2 Å². The number of hydrogen-bond donors (Lipinski definition) is 1. The van der Waals surface area contributed by atoms with Gasteiger partial charge in [0.2, 0.25) is 0 Å². The van der Waals surface area contributed by atoms with Crippen molar-refractivity contribution in [2.75, 3.05) is 26.7 Å². The predicted molar refractivity (Wildman–Crippen MR) is 57.5 cm³/mol. The molecule has 0 aromatic heterocycles. The molecule has 2 rings (SSSR count). The molecule has 3 nitrogen and oxygen atoms in total. The normalized spacial score (nSPS) is 36.4. The van der Waals surface area contributed by atoms with Gasteiger partial charge in [0.25, 0.3) is 0 Å². The molecule has 0 radical (unpaired) electrons. The summed E-state index contributed by atoms with van der Waals surface area (Å²) in [7, 11) is 2.06. The Kier molecular flexibility index (Phi) is 3.42. The van der Waals surface area contributed by atoms with Crippen molar-refractivity contribution in [1.29, 1.82) is 0 Å². The van der Waals surface area contributed by atoms with Crippen molar-refractivity contribution in [3.05, 3.63) is 0 Å². The average Bonchev–Trinajstić information content (AvgIpc) is 2.88. The molecule has 0 bridgehead atoms. The Labute approximate surface area is 86.8 Å². The Morgan fingerprint density at radius 3 is 2.86 bits per heavy atom. The fourth-order valence-corrected chi connectivity index (χ4v) is 2.61. The number of likely N-dealkylation sites (N-methyl/N-ethyl adjacent to an activating group) is 1. The summed E-state index contributed by atoms with van der Waals surface area (Å²) in [6.07, 6.45) is 4.28. The van der Waals surface area contributed by atoms with E-state index < -0.39 is 0 Å². The molecule has 1 N–H and O–H groups in total. The van der Waals surface area contributed by atoms with Gasteiger partial charge in [-0.15, -0.1) is 0 Å². The Bertz CT molecular complexity index is 180. The minimum atomic E-state index is 0.491. The summed E-state index contributed by atoms with van der Waals surface area (Å²) in [6, 6.07) is 1.30. The van der Waals surface area contributed by atoms with Gasteiger partial charge in [0.1, 0.15) is 0 Å². The summed E-state index contributed by atoms with van der Waals surface area (Å²) in [5.41, 5.74) is 0. The highest BCUT2D eigenvalue weighted by Gasteiger charge is 2.31. The molecule has 14 heavy (non-hydrogen) atoms. The van der Waals surface area contributed by atoms with E-state index in [0.29, 0.717) is 18.2 Å². The lowest BCUT2D eigenvalue weighted by atomic mass is 10.1. The average molecular weight is 198 g/mol. The third-order valence-corrected chi connectivity index (χ3v) is 3.71. The number of nitrogens with one attached hydrogen (secondary N) is 1. The second kappa shape index (κ2) is 4.60. The third-order valence-electron chi connectivity index (χ3n) is 3.71. The van der Waals surface area contributed by atoms with E-state index in [4.69, 9.17) is 4.74 Å². The van der Waals surface area contributed by atoms with Gasteiger partial charge in [-0.1, -0.05) is 0 Å². The molecule has 3 unspecified atom stereocenters. The van der Waals surface area contributed by atoms with Gasteiger partial charge in [0, 0.05) is 31.8 Å². The maximum atomic E-state index is 5.73. The monoisotopic (exact) mass is 198 g/mol. The van der Waals surface area contributed by atoms with E-state index in [1.807, 2.05) is 0 Å². The first-order valence-corrected chi connectivity index (χ1v) is 5.84. The summed E-state index contributed by atoms with van der Waals surface area (Å²) in [4.78, 5) is 2.57. The Hall–Kier alpha value is -0.120. The highest BCUT2D eigenvalue weighted by Crippen LogP contribution is 2.22. The lowest BCUT2D eigenvalue weighted by molar-refractivity contribution is 0.0400. The molecule has 0 aromatic rings. The fourth-order valence-electron chi connectivity index (χ4n) is 2.61. The summed E-state index contributed by atoms with van der Waals surface area (Å²) >= 11 is 0. The SMILES string of the molecule is CNC1CCN(C(C)C2CCCO2)C1. The topological polar surface area (TPSA) is 24.5 Å². The largest absolute Gasteiger partial charge is 0.377 e. The van der Waals surface area contributed by atoms with Crippen molar-refractivity contribution >= 4 is 0 Å². The molecular formula is C11H22N2O. The first-order valence-electron chi connectivity index (χ1n) is 5.84. The molecule has 0 saturated carbocycles. The number of nitrogens with zero attached hydrogens (tertiary/aromatic N) is 1. The number of rotatable bonds is 3. The van der Waals surface area contributed by atoms with Crippen molar-refractivity contribution in [2.24, 2.45) is 0 Å². The van der Waals surface area contributed by atoms with Crippen LogP contribution >= 0.6 is 0 Å². The van der Waals surface area contributed by atoms with E-state index in [1.54, 1.807) is 0 Å². The minimum absolute atomic E-state index is 0.491. The molecular weight excluding hydrogens is 176 g/mol. The van der Waals surface area contributed by atoms with Crippen molar-refractivity contribution in [1.82, 2.24) is 10.2 Å². The zero-order chi connectivity index (χ0) is 9.97. The predicted octanol–water partition coefficient (Wildman–Crippen LogP) is 0.848. The maximum Gasteiger partial charge on any atom is 0.0728 e. The van der Waals surface area contributed by atoms with Crippen LogP contribution in [0.2, 0.25) is 0 Å². The summed E-state index contributed by atoms with van der Waals surface area (Å²) < 4.78 is 5.73. The minimum Gasteiger partial charge on any atom is -0.377 e. The Balaban J connectivity index is 1.83.